The number of likely N-dealkylation sites (tertiary alicyclic amines) is 1. The van der Waals surface area contributed by atoms with Crippen molar-refractivity contribution in [3.05, 3.63) is 95.6 Å². The number of nitriles is 1. The zero-order chi connectivity index (χ0) is 39.1. The van der Waals surface area contributed by atoms with E-state index in [2.05, 4.69) is 69.6 Å². The van der Waals surface area contributed by atoms with Crippen LogP contribution in [0.15, 0.2) is 78.9 Å². The smallest absolute Gasteiger partial charge is 0.259 e. The fourth-order valence-corrected chi connectivity index (χ4v) is 8.87. The van der Waals surface area contributed by atoms with Crippen molar-refractivity contribution < 1.29 is 28.1 Å². The lowest BCUT2D eigenvalue weighted by atomic mass is 9.80. The number of unbranched alkanes of at least 4 members (excludes halogenated alkanes) is 2. The van der Waals surface area contributed by atoms with Crippen LogP contribution in [0.1, 0.15) is 90.3 Å². The predicted octanol–water partition coefficient (Wildman–Crippen LogP) is 9.03. The van der Waals surface area contributed by atoms with Crippen LogP contribution in [0.4, 0.5) is 0 Å². The molecule has 0 aliphatic carbocycles. The molecule has 0 radical (unpaired) electrons. The Balaban J connectivity index is 0.00000812. The number of methoxy groups -OCH3 is 2. The Morgan fingerprint density at radius 1 is 0.873 bits per heavy atom. The molecule has 3 aromatic carbocycles. The molecule has 3 aromatic rings. The Hall–Kier alpha value is -3.55. The van der Waals surface area contributed by atoms with Gasteiger partial charge in [-0.15, -0.1) is 0 Å². The predicted molar refractivity (Wildman–Crippen MR) is 222 cm³/mol. The Bertz CT molecular complexity index is 1530. The van der Waals surface area contributed by atoms with Crippen molar-refractivity contribution in [3.8, 4) is 17.6 Å². The summed E-state index contributed by atoms with van der Waals surface area (Å²) in [6.07, 6.45) is 3.93. The molecule has 1 aliphatic rings. The van der Waals surface area contributed by atoms with Crippen LogP contribution in [0.2, 0.25) is 0 Å². The van der Waals surface area contributed by atoms with Gasteiger partial charge in [0.1, 0.15) is 17.1 Å². The maximum absolute atomic E-state index is 14.1. The second-order valence-corrected chi connectivity index (χ2v) is 16.0. The molecule has 11 heteroatoms. The molecule has 1 heterocycles. The maximum Gasteiger partial charge on any atom is 0.259 e. The fraction of sp³-hybridized carbons (Fsp3) is 0.545. The third-order valence-electron chi connectivity index (χ3n) is 9.76. The molecule has 1 aliphatic heterocycles. The van der Waals surface area contributed by atoms with E-state index in [-0.39, 0.29) is 57.2 Å². The average molecular weight is 777 g/mol. The van der Waals surface area contributed by atoms with Crippen molar-refractivity contribution in [2.45, 2.75) is 103 Å². The number of benzene rings is 3. The summed E-state index contributed by atoms with van der Waals surface area (Å²) in [5, 5.41) is 9.26. The molecule has 4 rings (SSSR count). The van der Waals surface area contributed by atoms with E-state index >= 15 is 0 Å². The zero-order valence-electron chi connectivity index (χ0n) is 33.6. The van der Waals surface area contributed by atoms with Gasteiger partial charge in [0.2, 0.25) is 5.91 Å². The SMILES string of the molecule is C.COc1ccc(C(OC[C@@H]2C[C@@H](OP(OCCC#N)N(C(C)C)C(C)C)CN2C(=O)CCCCCN(C)C)(c2ccccc2)c2ccc(OC)cc2)cc1. The minimum absolute atomic E-state index is 0. The summed E-state index contributed by atoms with van der Waals surface area (Å²) >= 11 is 0. The number of ether oxygens (including phenoxy) is 3. The number of carbonyl (C=O) groups is 1. The van der Waals surface area contributed by atoms with Crippen molar-refractivity contribution in [1.82, 2.24) is 14.5 Å². The fourth-order valence-electron chi connectivity index (χ4n) is 7.16. The number of hydrogen-bond acceptors (Lipinski definition) is 9. The second-order valence-electron chi connectivity index (χ2n) is 14.6. The van der Waals surface area contributed by atoms with Crippen LogP contribution >= 0.6 is 8.53 Å². The van der Waals surface area contributed by atoms with Gasteiger partial charge in [-0.1, -0.05) is 68.4 Å². The van der Waals surface area contributed by atoms with E-state index in [4.69, 9.17) is 23.3 Å². The number of carbonyl (C=O) groups excluding carboxylic acids is 1. The summed E-state index contributed by atoms with van der Waals surface area (Å²) in [6, 6.07) is 28.5. The molecule has 1 fully saturated rings. The second kappa shape index (κ2) is 22.9. The molecule has 1 amide bonds. The van der Waals surface area contributed by atoms with E-state index in [9.17, 15) is 10.1 Å². The molecule has 3 atom stereocenters. The molecule has 0 saturated carbocycles. The number of nitrogens with zero attached hydrogens (tertiary/aromatic N) is 4. The van der Waals surface area contributed by atoms with Gasteiger partial charge in [0, 0.05) is 25.0 Å². The van der Waals surface area contributed by atoms with Crippen LogP contribution in [0.25, 0.3) is 0 Å². The minimum atomic E-state index is -1.48. The summed E-state index contributed by atoms with van der Waals surface area (Å²) in [5.41, 5.74) is 1.81. The molecule has 0 spiro atoms. The van der Waals surface area contributed by atoms with Gasteiger partial charge < -0.3 is 33.1 Å². The van der Waals surface area contributed by atoms with E-state index in [0.29, 0.717) is 19.4 Å². The van der Waals surface area contributed by atoms with Gasteiger partial charge in [-0.2, -0.15) is 5.26 Å². The first-order valence-corrected chi connectivity index (χ1v) is 20.3. The topological polar surface area (TPSA) is 96.7 Å². The van der Waals surface area contributed by atoms with Crippen molar-refractivity contribution in [3.63, 3.8) is 0 Å². The first-order valence-electron chi connectivity index (χ1n) is 19.2. The van der Waals surface area contributed by atoms with Crippen LogP contribution < -0.4 is 9.47 Å². The number of amides is 1. The standard InChI is InChI=1S/C43H61N4O6P.CH4/c1-33(2)47(34(3)4)54(52-29-15-27-44)53-41-30-38(46(31-41)42(48)18-13-10-14-28-45(5)6)32-51-43(35-16-11-9-12-17-35,36-19-23-39(49-7)24-20-36)37-21-25-40(50-8)26-22-37;/h9,11-12,16-17,19-26,33-34,38,41H,10,13-15,18,28-32H2,1-8H3;1H4/t38-,41+,54?;/m0./s1. The summed E-state index contributed by atoms with van der Waals surface area (Å²) in [7, 11) is 5.99. The molecule has 55 heavy (non-hydrogen) atoms. The normalized spacial score (nSPS) is 16.4. The van der Waals surface area contributed by atoms with Gasteiger partial charge in [0.05, 0.1) is 52.1 Å². The van der Waals surface area contributed by atoms with Crippen LogP contribution in [0, 0.1) is 11.3 Å². The molecule has 1 saturated heterocycles. The molecule has 0 bridgehead atoms. The Kier molecular flexibility index (Phi) is 19.1. The zero-order valence-corrected chi connectivity index (χ0v) is 34.5. The van der Waals surface area contributed by atoms with Crippen LogP contribution in [-0.2, 0) is 24.2 Å². The van der Waals surface area contributed by atoms with E-state index in [1.807, 2.05) is 71.6 Å². The van der Waals surface area contributed by atoms with Crippen molar-refractivity contribution in [1.29, 1.82) is 5.26 Å². The molecular formula is C44H65N4O6P. The van der Waals surface area contributed by atoms with E-state index in [0.717, 1.165) is 54.0 Å². The van der Waals surface area contributed by atoms with Gasteiger partial charge >= 0.3 is 0 Å². The number of rotatable bonds is 22. The lowest BCUT2D eigenvalue weighted by Gasteiger charge is -2.38. The first kappa shape index (κ1) is 45.8. The van der Waals surface area contributed by atoms with Gasteiger partial charge in [-0.05, 0) is 109 Å². The lowest BCUT2D eigenvalue weighted by molar-refractivity contribution is -0.134. The quantitative estimate of drug-likeness (QED) is 0.0563. The Morgan fingerprint density at radius 3 is 1.95 bits per heavy atom. The highest BCUT2D eigenvalue weighted by Gasteiger charge is 2.43. The summed E-state index contributed by atoms with van der Waals surface area (Å²) in [4.78, 5) is 18.3. The van der Waals surface area contributed by atoms with Crippen molar-refractivity contribution >= 4 is 14.4 Å². The molecule has 0 N–H and O–H groups in total. The lowest BCUT2D eigenvalue weighted by Crippen LogP contribution is -2.42. The van der Waals surface area contributed by atoms with Crippen molar-refractivity contribution in [2.24, 2.45) is 0 Å². The highest BCUT2D eigenvalue weighted by molar-refractivity contribution is 7.44. The first-order chi connectivity index (χ1) is 26.0. The highest BCUT2D eigenvalue weighted by Crippen LogP contribution is 2.49. The van der Waals surface area contributed by atoms with E-state index < -0.39 is 14.1 Å². The Morgan fingerprint density at radius 2 is 1.44 bits per heavy atom. The van der Waals surface area contributed by atoms with Gasteiger partial charge in [-0.3, -0.25) is 4.79 Å². The monoisotopic (exact) mass is 776 g/mol. The minimum Gasteiger partial charge on any atom is -0.497 e. The van der Waals surface area contributed by atoms with E-state index in [1.165, 1.54) is 0 Å². The number of hydrogen-bond donors (Lipinski definition) is 0. The molecule has 0 aromatic heterocycles. The van der Waals surface area contributed by atoms with Crippen LogP contribution in [-0.4, -0.2) is 99.2 Å². The van der Waals surface area contributed by atoms with Gasteiger partial charge in [-0.25, -0.2) is 4.67 Å². The highest BCUT2D eigenvalue weighted by atomic mass is 31.2. The summed E-state index contributed by atoms with van der Waals surface area (Å²) in [6.45, 7) is 10.5. The average Bonchev–Trinajstić information content (AvgIpc) is 3.58. The molecule has 10 nitrogen and oxygen atoms in total. The third kappa shape index (κ3) is 12.5. The molecule has 302 valence electrons. The van der Waals surface area contributed by atoms with Gasteiger partial charge in [0.25, 0.3) is 8.53 Å². The van der Waals surface area contributed by atoms with Gasteiger partial charge in [0.15, 0.2) is 0 Å². The van der Waals surface area contributed by atoms with Crippen molar-refractivity contribution in [2.75, 3.05) is 54.6 Å². The largest absolute Gasteiger partial charge is 0.497 e. The summed E-state index contributed by atoms with van der Waals surface area (Å²) in [5.74, 6) is 1.61. The molecular weight excluding hydrogens is 711 g/mol. The van der Waals surface area contributed by atoms with E-state index in [1.54, 1.807) is 14.2 Å². The van der Waals surface area contributed by atoms with Crippen LogP contribution in [0.3, 0.4) is 0 Å². The maximum atomic E-state index is 14.1. The summed E-state index contributed by atoms with van der Waals surface area (Å²) < 4.78 is 33.8. The third-order valence-corrected chi connectivity index (χ3v) is 11.9. The molecule has 1 unspecified atom stereocenters. The van der Waals surface area contributed by atoms with Crippen LogP contribution in [0.5, 0.6) is 11.5 Å². The Labute approximate surface area is 332 Å².